The molecule has 8 aromatic carbocycles. The van der Waals surface area contributed by atoms with Crippen LogP contribution in [-0.2, 0) is 0 Å². The van der Waals surface area contributed by atoms with Crippen LogP contribution in [0.2, 0.25) is 0 Å². The molecule has 0 bridgehead atoms. The maximum absolute atomic E-state index is 6.84. The van der Waals surface area contributed by atoms with Crippen LogP contribution in [0, 0.1) is 0 Å². The molecule has 3 heterocycles. The number of hydrogen-bond donors (Lipinski definition) is 0. The molecule has 0 saturated heterocycles. The number of hydrogen-bond acceptors (Lipinski definition) is 4. The number of nitrogens with zero attached hydrogens (tertiary/aromatic N) is 4. The molecule has 0 spiro atoms. The average Bonchev–Trinajstić information content (AvgIpc) is 3.84. The Balaban J connectivity index is 1.17. The molecule has 0 atom stereocenters. The summed E-state index contributed by atoms with van der Waals surface area (Å²) in [5, 5.41) is 4.36. The van der Waals surface area contributed by atoms with Gasteiger partial charge in [0, 0.05) is 38.4 Å². The Morgan fingerprint density at radius 1 is 0.375 bits per heavy atom. The van der Waals surface area contributed by atoms with Crippen molar-refractivity contribution >= 4 is 43.7 Å². The van der Waals surface area contributed by atoms with E-state index in [9.17, 15) is 0 Å². The van der Waals surface area contributed by atoms with Crippen LogP contribution in [0.3, 0.4) is 0 Å². The van der Waals surface area contributed by atoms with Crippen LogP contribution in [0.15, 0.2) is 199 Å². The van der Waals surface area contributed by atoms with E-state index in [1.165, 1.54) is 11.1 Å². The first-order valence-corrected chi connectivity index (χ1v) is 18.8. The van der Waals surface area contributed by atoms with Crippen molar-refractivity contribution in [2.24, 2.45) is 0 Å². The zero-order chi connectivity index (χ0) is 37.0. The Morgan fingerprint density at radius 2 is 0.911 bits per heavy atom. The molecule has 5 nitrogen and oxygen atoms in total. The molecule has 0 unspecified atom stereocenters. The summed E-state index contributed by atoms with van der Waals surface area (Å²) < 4.78 is 9.21. The van der Waals surface area contributed by atoms with Crippen molar-refractivity contribution in [1.29, 1.82) is 0 Å². The third-order valence-corrected chi connectivity index (χ3v) is 10.7. The zero-order valence-electron chi connectivity index (χ0n) is 30.2. The van der Waals surface area contributed by atoms with Gasteiger partial charge in [0.2, 0.25) is 0 Å². The standard InChI is InChI=1S/C51H32N4O/c1-4-16-33(17-5-1)36-22-12-23-37(32-36)38-25-13-27-41-46-44(30-15-31-45(46)56-48(38)41)55-43-29-11-10-24-39(43)40-26-14-28-42(47(40)55)51-53-49(34-18-6-2-7-19-34)52-50(54-51)35-20-8-3-9-21-35/h1-32H. The maximum Gasteiger partial charge on any atom is 0.166 e. The molecule has 0 saturated carbocycles. The minimum Gasteiger partial charge on any atom is -0.455 e. The summed E-state index contributed by atoms with van der Waals surface area (Å²) >= 11 is 0. The number of aromatic nitrogens is 4. The Kier molecular flexibility index (Phi) is 7.42. The normalized spacial score (nSPS) is 11.6. The fraction of sp³-hybridized carbons (Fsp3) is 0. The molecule has 56 heavy (non-hydrogen) atoms. The molecular weight excluding hydrogens is 685 g/mol. The Hall–Kier alpha value is -7.63. The van der Waals surface area contributed by atoms with E-state index in [1.807, 2.05) is 66.7 Å². The summed E-state index contributed by atoms with van der Waals surface area (Å²) in [6.45, 7) is 0. The highest BCUT2D eigenvalue weighted by Gasteiger charge is 2.23. The summed E-state index contributed by atoms with van der Waals surface area (Å²) in [6.07, 6.45) is 0. The van der Waals surface area contributed by atoms with Gasteiger partial charge in [-0.1, -0.05) is 164 Å². The molecule has 0 aliphatic rings. The third-order valence-electron chi connectivity index (χ3n) is 10.7. The Bertz CT molecular complexity index is 3180. The lowest BCUT2D eigenvalue weighted by Crippen LogP contribution is -2.02. The molecule has 0 fully saturated rings. The second-order valence-electron chi connectivity index (χ2n) is 14.0. The van der Waals surface area contributed by atoms with E-state index >= 15 is 0 Å². The van der Waals surface area contributed by atoms with Gasteiger partial charge in [0.1, 0.15) is 11.2 Å². The highest BCUT2D eigenvalue weighted by molar-refractivity contribution is 6.18. The predicted molar refractivity (Wildman–Crippen MR) is 229 cm³/mol. The third kappa shape index (κ3) is 5.21. The van der Waals surface area contributed by atoms with Gasteiger partial charge < -0.3 is 8.98 Å². The molecule has 5 heteroatoms. The number of benzene rings is 8. The van der Waals surface area contributed by atoms with Crippen molar-refractivity contribution in [2.75, 3.05) is 0 Å². The van der Waals surface area contributed by atoms with Crippen LogP contribution >= 0.6 is 0 Å². The fourth-order valence-electron chi connectivity index (χ4n) is 8.12. The maximum atomic E-state index is 6.84. The fourth-order valence-corrected chi connectivity index (χ4v) is 8.12. The van der Waals surface area contributed by atoms with Gasteiger partial charge in [-0.3, -0.25) is 0 Å². The second kappa shape index (κ2) is 13.0. The lowest BCUT2D eigenvalue weighted by molar-refractivity contribution is 0.670. The van der Waals surface area contributed by atoms with E-state index in [0.717, 1.165) is 77.2 Å². The van der Waals surface area contributed by atoms with E-state index < -0.39 is 0 Å². The molecule has 11 rings (SSSR count). The van der Waals surface area contributed by atoms with Crippen LogP contribution in [0.5, 0.6) is 0 Å². The number of para-hydroxylation sites is 3. The van der Waals surface area contributed by atoms with Crippen LogP contribution in [-0.4, -0.2) is 19.5 Å². The number of furan rings is 1. The molecule has 3 aromatic heterocycles. The first kappa shape index (κ1) is 31.9. The monoisotopic (exact) mass is 716 g/mol. The van der Waals surface area contributed by atoms with Gasteiger partial charge in [-0.05, 0) is 47.0 Å². The number of rotatable bonds is 6. The van der Waals surface area contributed by atoms with Crippen molar-refractivity contribution in [1.82, 2.24) is 19.5 Å². The topological polar surface area (TPSA) is 56.7 Å². The van der Waals surface area contributed by atoms with Crippen LogP contribution in [0.1, 0.15) is 0 Å². The van der Waals surface area contributed by atoms with Gasteiger partial charge in [0.15, 0.2) is 17.5 Å². The summed E-state index contributed by atoms with van der Waals surface area (Å²) in [6, 6.07) is 67.3. The summed E-state index contributed by atoms with van der Waals surface area (Å²) in [5.41, 5.74) is 12.1. The molecule has 0 radical (unpaired) electrons. The average molecular weight is 717 g/mol. The zero-order valence-corrected chi connectivity index (χ0v) is 30.2. The quantitative estimate of drug-likeness (QED) is 0.172. The molecule has 0 amide bonds. The smallest absolute Gasteiger partial charge is 0.166 e. The van der Waals surface area contributed by atoms with Gasteiger partial charge in [0.25, 0.3) is 0 Å². The summed E-state index contributed by atoms with van der Waals surface area (Å²) in [7, 11) is 0. The van der Waals surface area contributed by atoms with Gasteiger partial charge in [-0.15, -0.1) is 0 Å². The van der Waals surface area contributed by atoms with Gasteiger partial charge >= 0.3 is 0 Å². The summed E-state index contributed by atoms with van der Waals surface area (Å²) in [4.78, 5) is 15.3. The highest BCUT2D eigenvalue weighted by atomic mass is 16.3. The first-order valence-electron chi connectivity index (χ1n) is 18.8. The minimum atomic E-state index is 0.608. The van der Waals surface area contributed by atoms with E-state index in [1.54, 1.807) is 0 Å². The number of fused-ring (bicyclic) bond motifs is 6. The van der Waals surface area contributed by atoms with Gasteiger partial charge in [0.05, 0.1) is 22.1 Å². The van der Waals surface area contributed by atoms with Crippen molar-refractivity contribution in [3.63, 3.8) is 0 Å². The Labute approximate surface area is 322 Å². The highest BCUT2D eigenvalue weighted by Crippen LogP contribution is 2.43. The van der Waals surface area contributed by atoms with Gasteiger partial charge in [-0.2, -0.15) is 0 Å². The molecule has 0 N–H and O–H groups in total. The van der Waals surface area contributed by atoms with Crippen molar-refractivity contribution in [3.8, 4) is 62.1 Å². The summed E-state index contributed by atoms with van der Waals surface area (Å²) in [5.74, 6) is 1.86. The van der Waals surface area contributed by atoms with Crippen LogP contribution in [0.25, 0.3) is 106 Å². The second-order valence-corrected chi connectivity index (χ2v) is 14.0. The molecule has 11 aromatic rings. The van der Waals surface area contributed by atoms with Crippen LogP contribution in [0.4, 0.5) is 0 Å². The van der Waals surface area contributed by atoms with E-state index in [2.05, 4.69) is 132 Å². The van der Waals surface area contributed by atoms with Crippen molar-refractivity contribution in [3.05, 3.63) is 194 Å². The van der Waals surface area contributed by atoms with Gasteiger partial charge in [-0.25, -0.2) is 15.0 Å². The lowest BCUT2D eigenvalue weighted by atomic mass is 9.97. The van der Waals surface area contributed by atoms with E-state index in [4.69, 9.17) is 19.4 Å². The lowest BCUT2D eigenvalue weighted by Gasteiger charge is -2.13. The van der Waals surface area contributed by atoms with E-state index in [-0.39, 0.29) is 0 Å². The predicted octanol–water partition coefficient (Wildman–Crippen LogP) is 13.2. The SMILES string of the molecule is c1ccc(-c2cccc(-c3cccc4c3oc3cccc(-n5c6ccccc6c6cccc(-c7nc(-c8ccccc8)nc(-c8ccccc8)n7)c65)c34)c2)cc1. The first-order chi connectivity index (χ1) is 27.8. The molecule has 0 aliphatic carbocycles. The van der Waals surface area contributed by atoms with E-state index in [0.29, 0.717) is 17.5 Å². The molecule has 0 aliphatic heterocycles. The Morgan fingerprint density at radius 3 is 1.64 bits per heavy atom. The molecular formula is C51H32N4O. The van der Waals surface area contributed by atoms with Crippen molar-refractivity contribution < 1.29 is 4.42 Å². The van der Waals surface area contributed by atoms with Crippen LogP contribution < -0.4 is 0 Å². The minimum absolute atomic E-state index is 0.608. The molecule has 262 valence electrons. The largest absolute Gasteiger partial charge is 0.455 e. The van der Waals surface area contributed by atoms with Crippen molar-refractivity contribution in [2.45, 2.75) is 0 Å².